The number of urea groups is 1. The van der Waals surface area contributed by atoms with Crippen molar-refractivity contribution in [2.45, 2.75) is 26.3 Å². The first-order valence-corrected chi connectivity index (χ1v) is 7.91. The molecule has 1 saturated heterocycles. The number of hydrogen-bond acceptors (Lipinski definition) is 3. The summed E-state index contributed by atoms with van der Waals surface area (Å²) in [7, 11) is 0. The fourth-order valence-electron chi connectivity index (χ4n) is 3.18. The van der Waals surface area contributed by atoms with Crippen LogP contribution in [0.1, 0.15) is 30.5 Å². The second-order valence-electron chi connectivity index (χ2n) is 6.34. The van der Waals surface area contributed by atoms with E-state index in [1.165, 1.54) is 0 Å². The van der Waals surface area contributed by atoms with Gasteiger partial charge in [-0.3, -0.25) is 9.59 Å². The standard InChI is InChI=1S/C17H23N3O4/c1-10-5-3-4-6-12(10)14(19-17(18)24)7-15(21)20-8-11(2)13(9-20)16(22)23/h3-6,11,13-14H,7-9H2,1-2H3,(H,22,23)(H3,18,19,24)/t11-,13-,14?/m1/s1. The molecule has 1 unspecified atom stereocenters. The number of carbonyl (C=O) groups excluding carboxylic acids is 2. The predicted molar refractivity (Wildman–Crippen MR) is 88.1 cm³/mol. The van der Waals surface area contributed by atoms with Crippen LogP contribution in [0.4, 0.5) is 4.79 Å². The van der Waals surface area contributed by atoms with E-state index in [1.54, 1.807) is 4.90 Å². The maximum Gasteiger partial charge on any atom is 0.312 e. The van der Waals surface area contributed by atoms with E-state index in [-0.39, 0.29) is 24.8 Å². The second-order valence-corrected chi connectivity index (χ2v) is 6.34. The Labute approximate surface area is 140 Å². The summed E-state index contributed by atoms with van der Waals surface area (Å²) in [5.74, 6) is -1.71. The van der Waals surface area contributed by atoms with Gasteiger partial charge in [0, 0.05) is 13.1 Å². The van der Waals surface area contributed by atoms with Crippen molar-refractivity contribution in [1.82, 2.24) is 10.2 Å². The number of nitrogens with two attached hydrogens (primary N) is 1. The summed E-state index contributed by atoms with van der Waals surface area (Å²) in [5.41, 5.74) is 7.01. The first kappa shape index (κ1) is 17.8. The molecule has 24 heavy (non-hydrogen) atoms. The summed E-state index contributed by atoms with van der Waals surface area (Å²) in [6.07, 6.45) is 0.0485. The van der Waals surface area contributed by atoms with Gasteiger partial charge in [0.1, 0.15) is 0 Å². The Morgan fingerprint density at radius 3 is 2.54 bits per heavy atom. The lowest BCUT2D eigenvalue weighted by Crippen LogP contribution is -2.38. The van der Waals surface area contributed by atoms with Crippen molar-refractivity contribution < 1.29 is 19.5 Å². The summed E-state index contributed by atoms with van der Waals surface area (Å²) in [6.45, 7) is 4.33. The molecule has 3 atom stereocenters. The number of nitrogens with zero attached hydrogens (tertiary/aromatic N) is 1. The van der Waals surface area contributed by atoms with Gasteiger partial charge in [-0.05, 0) is 24.0 Å². The van der Waals surface area contributed by atoms with Gasteiger partial charge in [-0.1, -0.05) is 31.2 Å². The number of aryl methyl sites for hydroxylation is 1. The lowest BCUT2D eigenvalue weighted by molar-refractivity contribution is -0.142. The molecule has 1 heterocycles. The van der Waals surface area contributed by atoms with Gasteiger partial charge in [-0.25, -0.2) is 4.79 Å². The highest BCUT2D eigenvalue weighted by Gasteiger charge is 2.37. The van der Waals surface area contributed by atoms with E-state index >= 15 is 0 Å². The average molecular weight is 333 g/mol. The van der Waals surface area contributed by atoms with Gasteiger partial charge in [0.25, 0.3) is 0 Å². The van der Waals surface area contributed by atoms with Crippen LogP contribution in [0.3, 0.4) is 0 Å². The number of likely N-dealkylation sites (tertiary alicyclic amines) is 1. The zero-order valence-corrected chi connectivity index (χ0v) is 13.9. The Hall–Kier alpha value is -2.57. The van der Waals surface area contributed by atoms with Crippen LogP contribution in [0.5, 0.6) is 0 Å². The minimum Gasteiger partial charge on any atom is -0.481 e. The first-order chi connectivity index (χ1) is 11.3. The fourth-order valence-corrected chi connectivity index (χ4v) is 3.18. The third-order valence-electron chi connectivity index (χ3n) is 4.54. The number of benzene rings is 1. The molecule has 0 aliphatic carbocycles. The van der Waals surface area contributed by atoms with Crippen LogP contribution < -0.4 is 11.1 Å². The lowest BCUT2D eigenvalue weighted by atomic mass is 9.98. The molecular weight excluding hydrogens is 310 g/mol. The van der Waals surface area contributed by atoms with Crippen LogP contribution in [0.15, 0.2) is 24.3 Å². The number of carboxylic acid groups (broad SMARTS) is 1. The maximum atomic E-state index is 12.6. The van der Waals surface area contributed by atoms with Crippen molar-refractivity contribution in [2.75, 3.05) is 13.1 Å². The molecule has 7 heteroatoms. The largest absolute Gasteiger partial charge is 0.481 e. The van der Waals surface area contributed by atoms with Gasteiger partial charge >= 0.3 is 12.0 Å². The molecule has 1 aromatic carbocycles. The Morgan fingerprint density at radius 1 is 1.33 bits per heavy atom. The average Bonchev–Trinajstić information content (AvgIpc) is 2.89. The van der Waals surface area contributed by atoms with E-state index in [2.05, 4.69) is 5.32 Å². The summed E-state index contributed by atoms with van der Waals surface area (Å²) < 4.78 is 0. The minimum atomic E-state index is -0.886. The van der Waals surface area contributed by atoms with E-state index in [9.17, 15) is 19.5 Å². The molecule has 130 valence electrons. The molecule has 0 radical (unpaired) electrons. The third-order valence-corrected chi connectivity index (χ3v) is 4.54. The molecule has 0 aromatic heterocycles. The first-order valence-electron chi connectivity index (χ1n) is 7.91. The molecule has 1 fully saturated rings. The van der Waals surface area contributed by atoms with Crippen LogP contribution in [-0.4, -0.2) is 41.0 Å². The Morgan fingerprint density at radius 2 is 2.00 bits per heavy atom. The normalized spacial score (nSPS) is 21.3. The summed E-state index contributed by atoms with van der Waals surface area (Å²) in [6, 6.07) is 6.22. The highest BCUT2D eigenvalue weighted by atomic mass is 16.4. The Kier molecular flexibility index (Phi) is 5.43. The quantitative estimate of drug-likeness (QED) is 0.753. The van der Waals surface area contributed by atoms with Crippen LogP contribution in [0.25, 0.3) is 0 Å². The Bertz CT molecular complexity index is 646. The second kappa shape index (κ2) is 7.33. The van der Waals surface area contributed by atoms with Gasteiger partial charge in [0.05, 0.1) is 18.4 Å². The van der Waals surface area contributed by atoms with E-state index in [0.29, 0.717) is 6.54 Å². The monoisotopic (exact) mass is 333 g/mol. The highest BCUT2D eigenvalue weighted by molar-refractivity contribution is 5.81. The molecular formula is C17H23N3O4. The van der Waals surface area contributed by atoms with Crippen LogP contribution in [-0.2, 0) is 9.59 Å². The minimum absolute atomic E-state index is 0.0485. The van der Waals surface area contributed by atoms with E-state index in [4.69, 9.17) is 5.73 Å². The van der Waals surface area contributed by atoms with Crippen molar-refractivity contribution in [2.24, 2.45) is 17.6 Å². The molecule has 2 rings (SSSR count). The smallest absolute Gasteiger partial charge is 0.312 e. The zero-order chi connectivity index (χ0) is 17.9. The van der Waals surface area contributed by atoms with Crippen molar-refractivity contribution in [3.63, 3.8) is 0 Å². The van der Waals surface area contributed by atoms with Crippen molar-refractivity contribution in [3.05, 3.63) is 35.4 Å². The van der Waals surface area contributed by atoms with Crippen LogP contribution in [0, 0.1) is 18.8 Å². The third kappa shape index (κ3) is 4.04. The molecule has 1 aromatic rings. The number of rotatable bonds is 5. The fraction of sp³-hybridized carbons (Fsp3) is 0.471. The number of aliphatic carboxylic acids is 1. The summed E-state index contributed by atoms with van der Waals surface area (Å²) >= 11 is 0. The number of amides is 3. The predicted octanol–water partition coefficient (Wildman–Crippen LogP) is 1.27. The van der Waals surface area contributed by atoms with Gasteiger partial charge in [-0.2, -0.15) is 0 Å². The number of hydrogen-bond donors (Lipinski definition) is 3. The van der Waals surface area contributed by atoms with Gasteiger partial charge < -0.3 is 21.1 Å². The van der Waals surface area contributed by atoms with E-state index in [0.717, 1.165) is 11.1 Å². The molecule has 0 bridgehead atoms. The van der Waals surface area contributed by atoms with Crippen LogP contribution in [0.2, 0.25) is 0 Å². The van der Waals surface area contributed by atoms with Gasteiger partial charge in [-0.15, -0.1) is 0 Å². The summed E-state index contributed by atoms with van der Waals surface area (Å²) in [4.78, 5) is 36.6. The Balaban J connectivity index is 2.12. The topological polar surface area (TPSA) is 113 Å². The number of carbonyl (C=O) groups is 3. The molecule has 3 amide bonds. The molecule has 1 aliphatic rings. The highest BCUT2D eigenvalue weighted by Crippen LogP contribution is 2.27. The molecule has 1 aliphatic heterocycles. The molecule has 0 spiro atoms. The van der Waals surface area contributed by atoms with E-state index < -0.39 is 24.0 Å². The SMILES string of the molecule is Cc1ccccc1C(CC(=O)N1C[C@@H](C)[C@H](C(=O)O)C1)NC(N)=O. The van der Waals surface area contributed by atoms with Crippen molar-refractivity contribution in [3.8, 4) is 0 Å². The summed E-state index contributed by atoms with van der Waals surface area (Å²) in [5, 5.41) is 11.8. The molecule has 7 nitrogen and oxygen atoms in total. The van der Waals surface area contributed by atoms with E-state index in [1.807, 2.05) is 38.1 Å². The van der Waals surface area contributed by atoms with Gasteiger partial charge in [0.15, 0.2) is 0 Å². The van der Waals surface area contributed by atoms with Crippen molar-refractivity contribution >= 4 is 17.9 Å². The zero-order valence-electron chi connectivity index (χ0n) is 13.9. The number of carboxylic acids is 1. The lowest BCUT2D eigenvalue weighted by Gasteiger charge is -2.23. The molecule has 0 saturated carbocycles. The maximum absolute atomic E-state index is 12.6. The van der Waals surface area contributed by atoms with Crippen LogP contribution >= 0.6 is 0 Å². The number of primary amides is 1. The number of nitrogens with one attached hydrogen (secondary N) is 1. The molecule has 4 N–H and O–H groups in total. The van der Waals surface area contributed by atoms with Gasteiger partial charge in [0.2, 0.25) is 5.91 Å². The van der Waals surface area contributed by atoms with Crippen molar-refractivity contribution in [1.29, 1.82) is 0 Å².